The average Bonchev–Trinajstić information content (AvgIpc) is 2.55. The number of rotatable bonds is 7. The fraction of sp³-hybridized carbons (Fsp3) is 0.235. The molecule has 0 aliphatic rings. The van der Waals surface area contributed by atoms with E-state index >= 15 is 0 Å². The van der Waals surface area contributed by atoms with Crippen LogP contribution >= 0.6 is 11.8 Å². The van der Waals surface area contributed by atoms with Gasteiger partial charge in [0.2, 0.25) is 5.91 Å². The molecule has 2 aromatic carbocycles. The summed E-state index contributed by atoms with van der Waals surface area (Å²) < 4.78 is 26.2. The Morgan fingerprint density at radius 3 is 2.52 bits per heavy atom. The number of aliphatic hydroxyl groups is 1. The molecule has 0 heterocycles. The quantitative estimate of drug-likeness (QED) is 0.762. The third-order valence-corrected chi connectivity index (χ3v) is 4.18. The van der Waals surface area contributed by atoms with Crippen molar-refractivity contribution in [1.82, 2.24) is 5.32 Å². The summed E-state index contributed by atoms with van der Waals surface area (Å²) in [6, 6.07) is 12.0. The minimum Gasteiger partial charge on any atom is -0.386 e. The fourth-order valence-electron chi connectivity index (χ4n) is 1.95. The van der Waals surface area contributed by atoms with Gasteiger partial charge in [-0.3, -0.25) is 4.79 Å². The predicted molar refractivity (Wildman–Crippen MR) is 86.1 cm³/mol. The molecule has 2 rings (SSSR count). The molecule has 0 aromatic heterocycles. The molecule has 0 aliphatic carbocycles. The summed E-state index contributed by atoms with van der Waals surface area (Å²) in [5.74, 6) is -0.488. The molecule has 0 bridgehead atoms. The zero-order valence-corrected chi connectivity index (χ0v) is 13.2. The van der Waals surface area contributed by atoms with Gasteiger partial charge in [0.05, 0.1) is 6.10 Å². The fourth-order valence-corrected chi connectivity index (χ4v) is 2.80. The second kappa shape index (κ2) is 8.64. The van der Waals surface area contributed by atoms with Gasteiger partial charge in [0.15, 0.2) is 0 Å². The maximum atomic E-state index is 13.5. The summed E-state index contributed by atoms with van der Waals surface area (Å²) >= 11 is 1.44. The van der Waals surface area contributed by atoms with Crippen LogP contribution < -0.4 is 5.32 Å². The monoisotopic (exact) mass is 337 g/mol. The molecule has 3 nitrogen and oxygen atoms in total. The largest absolute Gasteiger partial charge is 0.386 e. The summed E-state index contributed by atoms with van der Waals surface area (Å²) in [5, 5.41) is 12.5. The number of halogens is 2. The van der Waals surface area contributed by atoms with Gasteiger partial charge in [0.25, 0.3) is 0 Å². The Balaban J connectivity index is 1.71. The van der Waals surface area contributed by atoms with Crippen LogP contribution in [0.25, 0.3) is 0 Å². The number of hydrogen-bond acceptors (Lipinski definition) is 3. The normalized spacial score (nSPS) is 12.0. The average molecular weight is 337 g/mol. The highest BCUT2D eigenvalue weighted by Gasteiger charge is 2.13. The lowest BCUT2D eigenvalue weighted by Crippen LogP contribution is -2.28. The van der Waals surface area contributed by atoms with E-state index in [1.165, 1.54) is 42.1 Å². The number of aliphatic hydroxyl groups excluding tert-OH is 1. The van der Waals surface area contributed by atoms with E-state index in [1.807, 2.05) is 0 Å². The summed E-state index contributed by atoms with van der Waals surface area (Å²) in [7, 11) is 0. The first-order valence-electron chi connectivity index (χ1n) is 7.14. The van der Waals surface area contributed by atoms with Crippen molar-refractivity contribution < 1.29 is 18.7 Å². The number of benzene rings is 2. The van der Waals surface area contributed by atoms with Gasteiger partial charge >= 0.3 is 0 Å². The van der Waals surface area contributed by atoms with Crippen LogP contribution in [-0.4, -0.2) is 23.3 Å². The molecule has 0 fully saturated rings. The van der Waals surface area contributed by atoms with E-state index in [2.05, 4.69) is 5.32 Å². The first-order chi connectivity index (χ1) is 11.1. The summed E-state index contributed by atoms with van der Waals surface area (Å²) in [5.41, 5.74) is 0.161. The molecule has 0 aliphatic heterocycles. The lowest BCUT2D eigenvalue weighted by molar-refractivity contribution is -0.121. The smallest absolute Gasteiger partial charge is 0.220 e. The van der Waals surface area contributed by atoms with Crippen LogP contribution in [0.4, 0.5) is 8.78 Å². The van der Waals surface area contributed by atoms with Crippen molar-refractivity contribution in [3.05, 3.63) is 65.7 Å². The topological polar surface area (TPSA) is 49.3 Å². The van der Waals surface area contributed by atoms with Gasteiger partial charge in [-0.2, -0.15) is 0 Å². The van der Waals surface area contributed by atoms with Gasteiger partial charge in [-0.15, -0.1) is 11.8 Å². The Bertz CT molecular complexity index is 649. The summed E-state index contributed by atoms with van der Waals surface area (Å²) in [6.45, 7) is -0.0407. The Hall–Kier alpha value is -1.92. The number of nitrogens with one attached hydrogen (secondary N) is 1. The van der Waals surface area contributed by atoms with Crippen molar-refractivity contribution in [3.8, 4) is 0 Å². The maximum absolute atomic E-state index is 13.5. The van der Waals surface area contributed by atoms with Gasteiger partial charge in [0.1, 0.15) is 11.6 Å². The van der Waals surface area contributed by atoms with E-state index in [1.54, 1.807) is 18.2 Å². The third-order valence-electron chi connectivity index (χ3n) is 3.17. The molecule has 6 heteroatoms. The number of carbonyl (C=O) groups excluding carboxylic acids is 1. The van der Waals surface area contributed by atoms with Crippen LogP contribution in [-0.2, 0) is 4.79 Å². The number of thioether (sulfide) groups is 1. The molecule has 0 saturated heterocycles. The highest BCUT2D eigenvalue weighted by atomic mass is 32.2. The highest BCUT2D eigenvalue weighted by molar-refractivity contribution is 7.99. The summed E-state index contributed by atoms with van der Waals surface area (Å²) in [6.07, 6.45) is -0.823. The van der Waals surface area contributed by atoms with Gasteiger partial charge < -0.3 is 10.4 Å². The zero-order chi connectivity index (χ0) is 16.7. The predicted octanol–water partition coefficient (Wildman–Crippen LogP) is 3.30. The zero-order valence-electron chi connectivity index (χ0n) is 12.3. The number of amides is 1. The van der Waals surface area contributed by atoms with Crippen LogP contribution in [0, 0.1) is 11.6 Å². The first kappa shape index (κ1) is 17.4. The lowest BCUT2D eigenvalue weighted by atomic mass is 10.1. The van der Waals surface area contributed by atoms with E-state index < -0.39 is 11.9 Å². The SMILES string of the molecule is O=C(CCSc1ccc(F)cc1)NCC(O)c1ccccc1F. The van der Waals surface area contributed by atoms with Gasteiger partial charge in [-0.25, -0.2) is 8.78 Å². The van der Waals surface area contributed by atoms with E-state index in [-0.39, 0.29) is 30.3 Å². The Morgan fingerprint density at radius 2 is 1.83 bits per heavy atom. The molecule has 2 N–H and O–H groups in total. The van der Waals surface area contributed by atoms with Crippen molar-refractivity contribution in [3.63, 3.8) is 0 Å². The molecule has 122 valence electrons. The number of hydrogen-bond donors (Lipinski definition) is 2. The van der Waals surface area contributed by atoms with Crippen molar-refractivity contribution in [1.29, 1.82) is 0 Å². The number of carbonyl (C=O) groups is 1. The molecule has 2 aromatic rings. The molecule has 1 atom stereocenters. The maximum Gasteiger partial charge on any atom is 0.220 e. The van der Waals surface area contributed by atoms with Crippen molar-refractivity contribution in [2.75, 3.05) is 12.3 Å². The van der Waals surface area contributed by atoms with Crippen LogP contribution in [0.3, 0.4) is 0 Å². The van der Waals surface area contributed by atoms with Gasteiger partial charge in [0, 0.05) is 29.2 Å². The Morgan fingerprint density at radius 1 is 1.13 bits per heavy atom. The second-order valence-electron chi connectivity index (χ2n) is 4.89. The molecular weight excluding hydrogens is 320 g/mol. The molecular formula is C17H17F2NO2S. The van der Waals surface area contributed by atoms with Gasteiger partial charge in [-0.05, 0) is 30.3 Å². The van der Waals surface area contributed by atoms with Crippen LogP contribution in [0.2, 0.25) is 0 Å². The molecule has 0 radical (unpaired) electrons. The molecule has 0 spiro atoms. The summed E-state index contributed by atoms with van der Waals surface area (Å²) in [4.78, 5) is 12.6. The standard InChI is InChI=1S/C17H17F2NO2S/c18-12-5-7-13(8-6-12)23-10-9-17(22)20-11-16(21)14-3-1-2-4-15(14)19/h1-8,16,21H,9-11H2,(H,20,22). The lowest BCUT2D eigenvalue weighted by Gasteiger charge is -2.13. The molecule has 1 unspecified atom stereocenters. The molecule has 1 amide bonds. The van der Waals surface area contributed by atoms with Gasteiger partial charge in [-0.1, -0.05) is 18.2 Å². The van der Waals surface area contributed by atoms with E-state index in [0.29, 0.717) is 5.75 Å². The van der Waals surface area contributed by atoms with Crippen LogP contribution in [0.1, 0.15) is 18.1 Å². The molecule has 0 saturated carbocycles. The Kier molecular flexibility index (Phi) is 6.55. The van der Waals surface area contributed by atoms with Crippen molar-refractivity contribution >= 4 is 17.7 Å². The van der Waals surface area contributed by atoms with E-state index in [9.17, 15) is 18.7 Å². The minimum absolute atomic E-state index is 0.0407. The Labute approximate surface area is 137 Å². The van der Waals surface area contributed by atoms with Crippen molar-refractivity contribution in [2.45, 2.75) is 17.4 Å². The van der Waals surface area contributed by atoms with Crippen molar-refractivity contribution in [2.24, 2.45) is 0 Å². The minimum atomic E-state index is -1.08. The first-order valence-corrected chi connectivity index (χ1v) is 8.12. The third kappa shape index (κ3) is 5.65. The van der Waals surface area contributed by atoms with Crippen LogP contribution in [0.15, 0.2) is 53.4 Å². The molecule has 23 heavy (non-hydrogen) atoms. The second-order valence-corrected chi connectivity index (χ2v) is 6.06. The van der Waals surface area contributed by atoms with Crippen LogP contribution in [0.5, 0.6) is 0 Å². The highest BCUT2D eigenvalue weighted by Crippen LogP contribution is 2.19. The van der Waals surface area contributed by atoms with E-state index in [4.69, 9.17) is 0 Å². The van der Waals surface area contributed by atoms with E-state index in [0.717, 1.165) is 4.90 Å².